The van der Waals surface area contributed by atoms with Gasteiger partial charge in [-0.05, 0) is 42.9 Å². The van der Waals surface area contributed by atoms with Crippen molar-refractivity contribution >= 4 is 35.1 Å². The summed E-state index contributed by atoms with van der Waals surface area (Å²) < 4.78 is 10.4. The zero-order valence-electron chi connectivity index (χ0n) is 17.0. The molecule has 0 bridgehead atoms. The van der Waals surface area contributed by atoms with Gasteiger partial charge in [0.15, 0.2) is 0 Å². The van der Waals surface area contributed by atoms with Crippen molar-refractivity contribution in [2.45, 2.75) is 43.7 Å². The van der Waals surface area contributed by atoms with Gasteiger partial charge >= 0.3 is 5.97 Å². The standard InChI is InChI=1S/C23H25Cl2NO4/c1-29-16-10-12-23(13-11-16,22(28)30-2)26-20(27)14-18-19(24)9-8-17(21(18)25)15-6-4-3-5-7-15/h3-9,16H,10-14H2,1-2H3,(H,26,27). The van der Waals surface area contributed by atoms with Crippen LogP contribution >= 0.6 is 23.2 Å². The molecule has 0 heterocycles. The van der Waals surface area contributed by atoms with E-state index < -0.39 is 11.5 Å². The number of esters is 1. The van der Waals surface area contributed by atoms with Crippen LogP contribution in [0.15, 0.2) is 42.5 Å². The van der Waals surface area contributed by atoms with Gasteiger partial charge in [0, 0.05) is 17.7 Å². The molecule has 1 amide bonds. The van der Waals surface area contributed by atoms with Crippen molar-refractivity contribution in [2.75, 3.05) is 14.2 Å². The Kier molecular flexibility index (Phi) is 7.40. The summed E-state index contributed by atoms with van der Waals surface area (Å²) >= 11 is 13.0. The van der Waals surface area contributed by atoms with E-state index in [1.54, 1.807) is 13.2 Å². The second-order valence-electron chi connectivity index (χ2n) is 7.49. The number of hydrogen-bond donors (Lipinski definition) is 1. The molecule has 160 valence electrons. The average Bonchev–Trinajstić information content (AvgIpc) is 2.77. The van der Waals surface area contributed by atoms with Gasteiger partial charge < -0.3 is 14.8 Å². The fourth-order valence-corrected chi connectivity index (χ4v) is 4.58. The summed E-state index contributed by atoms with van der Waals surface area (Å²) in [7, 11) is 2.98. The smallest absolute Gasteiger partial charge is 0.331 e. The molecule has 2 aromatic rings. The van der Waals surface area contributed by atoms with Gasteiger partial charge in [0.05, 0.1) is 24.7 Å². The lowest BCUT2D eigenvalue weighted by molar-refractivity contribution is -0.153. The Morgan fingerprint density at radius 1 is 1.07 bits per heavy atom. The number of ether oxygens (including phenoxy) is 2. The molecule has 2 aromatic carbocycles. The van der Waals surface area contributed by atoms with E-state index >= 15 is 0 Å². The predicted octanol–water partition coefficient (Wildman–Crippen LogP) is 4.82. The number of hydrogen-bond acceptors (Lipinski definition) is 4. The molecule has 1 N–H and O–H groups in total. The van der Waals surface area contributed by atoms with Crippen LogP contribution in [-0.2, 0) is 25.5 Å². The highest BCUT2D eigenvalue weighted by molar-refractivity contribution is 6.38. The second-order valence-corrected chi connectivity index (χ2v) is 8.27. The first-order valence-electron chi connectivity index (χ1n) is 9.84. The monoisotopic (exact) mass is 449 g/mol. The maximum atomic E-state index is 12.9. The highest BCUT2D eigenvalue weighted by atomic mass is 35.5. The number of halogens is 2. The number of nitrogens with one attached hydrogen (secondary N) is 1. The lowest BCUT2D eigenvalue weighted by Gasteiger charge is -2.38. The Hall–Kier alpha value is -2.08. The summed E-state index contributed by atoms with van der Waals surface area (Å²) in [6.45, 7) is 0. The Bertz CT molecular complexity index is 909. The Morgan fingerprint density at radius 2 is 1.73 bits per heavy atom. The third kappa shape index (κ3) is 4.80. The number of carbonyl (C=O) groups excluding carboxylic acids is 2. The SMILES string of the molecule is COC(=O)C1(NC(=O)Cc2c(Cl)ccc(-c3ccccc3)c2Cl)CCC(OC)CC1. The third-order valence-corrected chi connectivity index (χ3v) is 6.47. The number of benzene rings is 2. The zero-order valence-corrected chi connectivity index (χ0v) is 18.6. The van der Waals surface area contributed by atoms with Gasteiger partial charge in [0.1, 0.15) is 5.54 Å². The first kappa shape index (κ1) is 22.6. The van der Waals surface area contributed by atoms with Crippen molar-refractivity contribution in [2.24, 2.45) is 0 Å². The maximum Gasteiger partial charge on any atom is 0.331 e. The van der Waals surface area contributed by atoms with Crippen molar-refractivity contribution in [1.29, 1.82) is 0 Å². The summed E-state index contributed by atoms with van der Waals surface area (Å²) in [4.78, 5) is 25.5. The molecular weight excluding hydrogens is 425 g/mol. The molecule has 7 heteroatoms. The van der Waals surface area contributed by atoms with E-state index in [-0.39, 0.29) is 18.4 Å². The van der Waals surface area contributed by atoms with Crippen LogP contribution in [0.3, 0.4) is 0 Å². The van der Waals surface area contributed by atoms with Gasteiger partial charge in [-0.1, -0.05) is 59.6 Å². The fraction of sp³-hybridized carbons (Fsp3) is 0.391. The molecule has 1 fully saturated rings. The van der Waals surface area contributed by atoms with Crippen LogP contribution in [0.4, 0.5) is 0 Å². The molecule has 0 aromatic heterocycles. The van der Waals surface area contributed by atoms with E-state index in [0.29, 0.717) is 41.3 Å². The Labute approximate surface area is 186 Å². The van der Waals surface area contributed by atoms with E-state index in [0.717, 1.165) is 11.1 Å². The van der Waals surface area contributed by atoms with Gasteiger partial charge in [-0.2, -0.15) is 0 Å². The normalized spacial score (nSPS) is 21.1. The molecule has 3 rings (SSSR count). The minimum absolute atomic E-state index is 0.0369. The number of methoxy groups -OCH3 is 2. The molecule has 1 aliphatic carbocycles. The van der Waals surface area contributed by atoms with E-state index in [9.17, 15) is 9.59 Å². The summed E-state index contributed by atoms with van der Waals surface area (Å²) in [5, 5.41) is 3.74. The fourth-order valence-electron chi connectivity index (χ4n) is 3.97. The summed E-state index contributed by atoms with van der Waals surface area (Å²) in [5.74, 6) is -0.772. The van der Waals surface area contributed by atoms with Crippen molar-refractivity contribution in [3.05, 3.63) is 58.1 Å². The van der Waals surface area contributed by atoms with Crippen LogP contribution < -0.4 is 5.32 Å². The van der Waals surface area contributed by atoms with Crippen molar-refractivity contribution in [3.8, 4) is 11.1 Å². The van der Waals surface area contributed by atoms with E-state index in [1.807, 2.05) is 36.4 Å². The van der Waals surface area contributed by atoms with Crippen molar-refractivity contribution in [3.63, 3.8) is 0 Å². The number of carbonyl (C=O) groups is 2. The van der Waals surface area contributed by atoms with E-state index in [4.69, 9.17) is 32.7 Å². The largest absolute Gasteiger partial charge is 0.467 e. The minimum atomic E-state index is -1.06. The first-order valence-corrected chi connectivity index (χ1v) is 10.6. The molecule has 30 heavy (non-hydrogen) atoms. The molecule has 1 aliphatic rings. The molecule has 0 unspecified atom stereocenters. The van der Waals surface area contributed by atoms with Gasteiger partial charge in [-0.3, -0.25) is 4.79 Å². The lowest BCUT2D eigenvalue weighted by Crippen LogP contribution is -2.57. The minimum Gasteiger partial charge on any atom is -0.467 e. The van der Waals surface area contributed by atoms with Crippen LogP contribution in [0.1, 0.15) is 31.2 Å². The highest BCUT2D eigenvalue weighted by Gasteiger charge is 2.44. The Balaban J connectivity index is 1.82. The molecule has 0 saturated heterocycles. The van der Waals surface area contributed by atoms with Crippen LogP contribution in [0.25, 0.3) is 11.1 Å². The predicted molar refractivity (Wildman–Crippen MR) is 118 cm³/mol. The van der Waals surface area contributed by atoms with Gasteiger partial charge in [-0.15, -0.1) is 0 Å². The molecular formula is C23H25Cl2NO4. The van der Waals surface area contributed by atoms with Gasteiger partial charge in [0.2, 0.25) is 5.91 Å². The Morgan fingerprint density at radius 3 is 2.33 bits per heavy atom. The topological polar surface area (TPSA) is 64.6 Å². The van der Waals surface area contributed by atoms with Crippen LogP contribution in [0, 0.1) is 0 Å². The highest BCUT2D eigenvalue weighted by Crippen LogP contribution is 2.36. The van der Waals surface area contributed by atoms with E-state index in [1.165, 1.54) is 7.11 Å². The molecule has 0 atom stereocenters. The zero-order chi connectivity index (χ0) is 21.7. The average molecular weight is 450 g/mol. The van der Waals surface area contributed by atoms with Crippen molar-refractivity contribution < 1.29 is 19.1 Å². The van der Waals surface area contributed by atoms with Crippen LogP contribution in [0.2, 0.25) is 10.0 Å². The lowest BCUT2D eigenvalue weighted by atomic mass is 9.80. The van der Waals surface area contributed by atoms with E-state index in [2.05, 4.69) is 5.32 Å². The molecule has 1 saturated carbocycles. The first-order chi connectivity index (χ1) is 14.4. The maximum absolute atomic E-state index is 12.9. The quantitative estimate of drug-likeness (QED) is 0.641. The molecule has 0 spiro atoms. The third-order valence-electron chi connectivity index (χ3n) is 5.68. The number of amides is 1. The van der Waals surface area contributed by atoms with Gasteiger partial charge in [-0.25, -0.2) is 4.79 Å². The number of rotatable bonds is 6. The van der Waals surface area contributed by atoms with Crippen molar-refractivity contribution in [1.82, 2.24) is 5.32 Å². The van der Waals surface area contributed by atoms with Gasteiger partial charge in [0.25, 0.3) is 0 Å². The summed E-state index contributed by atoms with van der Waals surface area (Å²) in [5.41, 5.74) is 1.21. The molecule has 0 aliphatic heterocycles. The molecule has 0 radical (unpaired) electrons. The van der Waals surface area contributed by atoms with Crippen LogP contribution in [-0.4, -0.2) is 37.7 Å². The molecule has 5 nitrogen and oxygen atoms in total. The van der Waals surface area contributed by atoms with Crippen LogP contribution in [0.5, 0.6) is 0 Å². The summed E-state index contributed by atoms with van der Waals surface area (Å²) in [6.07, 6.45) is 2.27. The summed E-state index contributed by atoms with van der Waals surface area (Å²) in [6, 6.07) is 13.2. The second kappa shape index (κ2) is 9.82.